The maximum absolute atomic E-state index is 11.9. The van der Waals surface area contributed by atoms with Gasteiger partial charge in [0.05, 0.1) is 23.7 Å². The number of anilines is 1. The van der Waals surface area contributed by atoms with Gasteiger partial charge in [-0.3, -0.25) is 0 Å². The van der Waals surface area contributed by atoms with Crippen LogP contribution in [0.4, 0.5) is 5.69 Å². The number of benzene rings is 1. The average Bonchev–Trinajstić information content (AvgIpc) is 2.46. The molecule has 1 aliphatic heterocycles. The first-order chi connectivity index (χ1) is 9.96. The second kappa shape index (κ2) is 6.74. The quantitative estimate of drug-likeness (QED) is 0.831. The summed E-state index contributed by atoms with van der Waals surface area (Å²) < 4.78 is 31.9. The molecule has 1 fully saturated rings. The summed E-state index contributed by atoms with van der Waals surface area (Å²) in [6, 6.07) is 6.77. The third-order valence-electron chi connectivity index (χ3n) is 3.38. The van der Waals surface area contributed by atoms with Crippen molar-refractivity contribution in [3.05, 3.63) is 24.3 Å². The van der Waals surface area contributed by atoms with E-state index in [9.17, 15) is 13.5 Å². The third-order valence-corrected chi connectivity index (χ3v) is 4.94. The number of hydrogen-bond donors (Lipinski definition) is 2. The van der Waals surface area contributed by atoms with E-state index in [2.05, 4.69) is 9.62 Å². The summed E-state index contributed by atoms with van der Waals surface area (Å²) in [4.78, 5) is 2.35. The van der Waals surface area contributed by atoms with E-state index in [0.717, 1.165) is 12.2 Å². The number of nitrogens with one attached hydrogen (secondary N) is 1. The number of aliphatic hydroxyl groups excluding tert-OH is 1. The molecule has 21 heavy (non-hydrogen) atoms. The van der Waals surface area contributed by atoms with E-state index in [-0.39, 0.29) is 23.7 Å². The Hall–Kier alpha value is -1.15. The molecule has 1 heterocycles. The molecule has 2 N–H and O–H groups in total. The van der Waals surface area contributed by atoms with Crippen molar-refractivity contribution in [3.8, 4) is 0 Å². The number of rotatable bonds is 5. The van der Waals surface area contributed by atoms with Crippen LogP contribution in [0.5, 0.6) is 0 Å². The van der Waals surface area contributed by atoms with Gasteiger partial charge in [0.2, 0.25) is 10.0 Å². The number of morpholine rings is 1. The highest BCUT2D eigenvalue weighted by Gasteiger charge is 2.25. The van der Waals surface area contributed by atoms with Crippen LogP contribution in [0.2, 0.25) is 0 Å². The average molecular weight is 314 g/mol. The molecule has 0 radical (unpaired) electrons. The summed E-state index contributed by atoms with van der Waals surface area (Å²) in [5.41, 5.74) is 0.930. The van der Waals surface area contributed by atoms with Crippen molar-refractivity contribution < 1.29 is 18.3 Å². The minimum Gasteiger partial charge on any atom is -0.394 e. The van der Waals surface area contributed by atoms with Crippen LogP contribution >= 0.6 is 0 Å². The first-order valence-electron chi connectivity index (χ1n) is 7.07. The fourth-order valence-corrected chi connectivity index (χ4v) is 3.51. The highest BCUT2D eigenvalue weighted by Crippen LogP contribution is 2.22. The van der Waals surface area contributed by atoms with Gasteiger partial charge in [-0.05, 0) is 31.2 Å². The number of hydrogen-bond acceptors (Lipinski definition) is 5. The van der Waals surface area contributed by atoms with Gasteiger partial charge in [0.25, 0.3) is 0 Å². The highest BCUT2D eigenvalue weighted by atomic mass is 32.2. The van der Waals surface area contributed by atoms with Crippen LogP contribution in [0.25, 0.3) is 0 Å². The van der Waals surface area contributed by atoms with E-state index in [4.69, 9.17) is 4.74 Å². The van der Waals surface area contributed by atoms with Crippen molar-refractivity contribution in [1.29, 1.82) is 0 Å². The van der Waals surface area contributed by atoms with Gasteiger partial charge < -0.3 is 14.7 Å². The van der Waals surface area contributed by atoms with E-state index in [0.29, 0.717) is 13.1 Å². The zero-order valence-electron chi connectivity index (χ0n) is 12.3. The van der Waals surface area contributed by atoms with Crippen molar-refractivity contribution in [2.45, 2.75) is 31.0 Å². The van der Waals surface area contributed by atoms with Gasteiger partial charge in [0, 0.05) is 25.3 Å². The maximum atomic E-state index is 11.9. The molecule has 7 heteroatoms. The Kier molecular flexibility index (Phi) is 5.21. The van der Waals surface area contributed by atoms with Gasteiger partial charge in [-0.15, -0.1) is 0 Å². The van der Waals surface area contributed by atoms with E-state index in [1.54, 1.807) is 31.2 Å². The third kappa shape index (κ3) is 3.94. The molecular formula is C14H22N2O4S. The Morgan fingerprint density at radius 1 is 1.33 bits per heavy atom. The molecule has 1 aromatic rings. The molecule has 118 valence electrons. The largest absolute Gasteiger partial charge is 0.394 e. The monoisotopic (exact) mass is 314 g/mol. The molecule has 1 aliphatic rings. The van der Waals surface area contributed by atoms with E-state index in [1.807, 2.05) is 6.92 Å². The van der Waals surface area contributed by atoms with Gasteiger partial charge in [-0.1, -0.05) is 6.92 Å². The molecule has 1 aromatic carbocycles. The minimum atomic E-state index is -3.42. The summed E-state index contributed by atoms with van der Waals surface area (Å²) in [5.74, 6) is 0. The molecule has 0 spiro atoms. The Bertz CT molecular complexity index is 559. The standard InChI is InChI=1S/C14H22N2O4S/c1-3-15-21(18,19)14-6-4-12(5-7-14)16-8-11(2)20-13(9-16)10-17/h4-7,11,13,15,17H,3,8-10H2,1-2H3. The van der Waals surface area contributed by atoms with Crippen LogP contribution in [0, 0.1) is 0 Å². The van der Waals surface area contributed by atoms with E-state index < -0.39 is 10.0 Å². The molecule has 0 bridgehead atoms. The zero-order chi connectivity index (χ0) is 15.5. The van der Waals surface area contributed by atoms with Crippen molar-refractivity contribution in [2.24, 2.45) is 0 Å². The molecule has 0 saturated carbocycles. The Labute approximate surface area is 125 Å². The second-order valence-electron chi connectivity index (χ2n) is 5.15. The molecule has 2 unspecified atom stereocenters. The van der Waals surface area contributed by atoms with Gasteiger partial charge in [0.15, 0.2) is 0 Å². The number of ether oxygens (including phenoxy) is 1. The number of nitrogens with zero attached hydrogens (tertiary/aromatic N) is 1. The van der Waals surface area contributed by atoms with Crippen molar-refractivity contribution in [1.82, 2.24) is 4.72 Å². The molecule has 0 aromatic heterocycles. The zero-order valence-corrected chi connectivity index (χ0v) is 13.1. The molecular weight excluding hydrogens is 292 g/mol. The van der Waals surface area contributed by atoms with Crippen LogP contribution in [-0.2, 0) is 14.8 Å². The minimum absolute atomic E-state index is 0.0201. The summed E-state index contributed by atoms with van der Waals surface area (Å²) >= 11 is 0. The van der Waals surface area contributed by atoms with Gasteiger partial charge in [0.1, 0.15) is 0 Å². The molecule has 6 nitrogen and oxygen atoms in total. The Morgan fingerprint density at radius 3 is 2.57 bits per heavy atom. The summed E-state index contributed by atoms with van der Waals surface area (Å²) in [6.45, 7) is 5.36. The lowest BCUT2D eigenvalue weighted by atomic mass is 10.2. The predicted molar refractivity (Wildman–Crippen MR) is 80.9 cm³/mol. The number of sulfonamides is 1. The lowest BCUT2D eigenvalue weighted by Crippen LogP contribution is -2.48. The normalized spacial score (nSPS) is 23.3. The lowest BCUT2D eigenvalue weighted by Gasteiger charge is -2.37. The van der Waals surface area contributed by atoms with Gasteiger partial charge in [-0.2, -0.15) is 0 Å². The van der Waals surface area contributed by atoms with Crippen LogP contribution in [-0.4, -0.2) is 52.0 Å². The fourth-order valence-electron chi connectivity index (χ4n) is 2.47. The Balaban J connectivity index is 2.15. The van der Waals surface area contributed by atoms with Crippen LogP contribution in [0.1, 0.15) is 13.8 Å². The lowest BCUT2D eigenvalue weighted by molar-refractivity contribution is -0.0421. The van der Waals surface area contributed by atoms with Crippen LogP contribution in [0.15, 0.2) is 29.2 Å². The maximum Gasteiger partial charge on any atom is 0.240 e. The van der Waals surface area contributed by atoms with Crippen LogP contribution < -0.4 is 9.62 Å². The molecule has 2 atom stereocenters. The molecule has 2 rings (SSSR count). The van der Waals surface area contributed by atoms with Crippen molar-refractivity contribution >= 4 is 15.7 Å². The Morgan fingerprint density at radius 2 is 2.00 bits per heavy atom. The molecule has 0 amide bonds. The van der Waals surface area contributed by atoms with Gasteiger partial charge in [-0.25, -0.2) is 13.1 Å². The first-order valence-corrected chi connectivity index (χ1v) is 8.55. The highest BCUT2D eigenvalue weighted by molar-refractivity contribution is 7.89. The first kappa shape index (κ1) is 16.2. The summed E-state index contributed by atoms with van der Waals surface area (Å²) in [5, 5.41) is 9.24. The van der Waals surface area contributed by atoms with Crippen molar-refractivity contribution in [3.63, 3.8) is 0 Å². The second-order valence-corrected chi connectivity index (χ2v) is 6.92. The molecule has 1 saturated heterocycles. The number of aliphatic hydroxyl groups is 1. The SMILES string of the molecule is CCNS(=O)(=O)c1ccc(N2CC(C)OC(CO)C2)cc1. The smallest absolute Gasteiger partial charge is 0.240 e. The fraction of sp³-hybridized carbons (Fsp3) is 0.571. The predicted octanol–water partition coefficient (Wildman–Crippen LogP) is 0.571. The van der Waals surface area contributed by atoms with E-state index in [1.165, 1.54) is 0 Å². The topological polar surface area (TPSA) is 78.9 Å². The summed E-state index contributed by atoms with van der Waals surface area (Å²) in [6.07, 6.45) is -0.181. The van der Waals surface area contributed by atoms with Gasteiger partial charge >= 0.3 is 0 Å². The van der Waals surface area contributed by atoms with Crippen LogP contribution in [0.3, 0.4) is 0 Å². The van der Waals surface area contributed by atoms with Crippen molar-refractivity contribution in [2.75, 3.05) is 31.1 Å². The van der Waals surface area contributed by atoms with E-state index >= 15 is 0 Å². The molecule has 0 aliphatic carbocycles. The summed E-state index contributed by atoms with van der Waals surface area (Å²) in [7, 11) is -3.42.